The number of allylic oxidation sites excluding steroid dienone is 2. The molecule has 4 N–H and O–H groups in total. The first kappa shape index (κ1) is 39.2. The number of benzene rings is 1. The van der Waals surface area contributed by atoms with Gasteiger partial charge in [0, 0.05) is 22.3 Å². The highest BCUT2D eigenvalue weighted by Gasteiger charge is 2.38. The van der Waals surface area contributed by atoms with Gasteiger partial charge in [0.25, 0.3) is 5.91 Å². The molecule has 3 atom stereocenters. The van der Waals surface area contributed by atoms with Crippen molar-refractivity contribution >= 4 is 52.2 Å². The lowest BCUT2D eigenvalue weighted by molar-refractivity contribution is -0.136. The fourth-order valence-electron chi connectivity index (χ4n) is 4.70. The van der Waals surface area contributed by atoms with E-state index in [4.69, 9.17) is 4.74 Å². The van der Waals surface area contributed by atoms with Gasteiger partial charge in [-0.2, -0.15) is 0 Å². The molecular weight excluding hydrogens is 672 g/mol. The Morgan fingerprint density at radius 1 is 1.20 bits per heavy atom. The number of halogens is 1. The Bertz CT molecular complexity index is 1180. The molecule has 0 spiro atoms. The first-order valence-electron chi connectivity index (χ1n) is 16.0. The number of hydrogen-bond acceptors (Lipinski definition) is 7. The predicted molar refractivity (Wildman–Crippen MR) is 187 cm³/mol. The number of hydrogen-bond donors (Lipinski definition) is 4. The fourth-order valence-corrected chi connectivity index (χ4v) is 5.85. The number of amides is 4. The average molecular weight is 724 g/mol. The SMILES string of the molecule is C=CCC(NC=O)C(=O)NSC1CC1.CC1CCCN1C(=O)[C@@H](NC(=O)OCCCC/C=C/Cc1ccc(Br)cc1O)C(C)(C)C. The third-order valence-corrected chi connectivity index (χ3v) is 9.22. The van der Waals surface area contributed by atoms with Crippen LogP contribution in [0.4, 0.5) is 4.79 Å². The van der Waals surface area contributed by atoms with Crippen molar-refractivity contribution in [2.24, 2.45) is 5.41 Å². The number of aromatic hydroxyl groups is 1. The van der Waals surface area contributed by atoms with Crippen molar-refractivity contribution in [1.82, 2.24) is 20.3 Å². The summed E-state index contributed by atoms with van der Waals surface area (Å²) < 4.78 is 8.91. The number of carbonyl (C=O) groups is 4. The summed E-state index contributed by atoms with van der Waals surface area (Å²) in [6.07, 6.45) is 13.7. The summed E-state index contributed by atoms with van der Waals surface area (Å²) in [5.41, 5.74) is 0.489. The molecule has 1 heterocycles. The Labute approximate surface area is 286 Å². The lowest BCUT2D eigenvalue weighted by atomic mass is 9.85. The van der Waals surface area contributed by atoms with Gasteiger partial charge in [-0.25, -0.2) is 4.79 Å². The van der Waals surface area contributed by atoms with E-state index in [0.29, 0.717) is 31.1 Å². The van der Waals surface area contributed by atoms with Gasteiger partial charge >= 0.3 is 6.09 Å². The highest BCUT2D eigenvalue weighted by Crippen LogP contribution is 2.32. The highest BCUT2D eigenvalue weighted by molar-refractivity contribution is 9.10. The first-order valence-corrected chi connectivity index (χ1v) is 17.7. The van der Waals surface area contributed by atoms with Gasteiger partial charge in [0.2, 0.25) is 12.3 Å². The number of phenols is 1. The van der Waals surface area contributed by atoms with Crippen molar-refractivity contribution in [2.45, 2.75) is 109 Å². The Kier molecular flexibility index (Phi) is 17.3. The summed E-state index contributed by atoms with van der Waals surface area (Å²) in [5.74, 6) is 0.102. The van der Waals surface area contributed by atoms with Crippen LogP contribution in [0.25, 0.3) is 0 Å². The van der Waals surface area contributed by atoms with E-state index < -0.39 is 23.6 Å². The molecule has 4 amide bonds. The van der Waals surface area contributed by atoms with Crippen LogP contribution < -0.4 is 15.4 Å². The molecule has 0 bridgehead atoms. The molecule has 256 valence electrons. The van der Waals surface area contributed by atoms with Crippen molar-refractivity contribution in [1.29, 1.82) is 0 Å². The summed E-state index contributed by atoms with van der Waals surface area (Å²) in [6.45, 7) is 12.5. The van der Waals surface area contributed by atoms with Crippen LogP contribution >= 0.6 is 27.9 Å². The van der Waals surface area contributed by atoms with Crippen LogP contribution in [-0.2, 0) is 25.5 Å². The molecule has 1 saturated carbocycles. The number of rotatable bonds is 16. The lowest BCUT2D eigenvalue weighted by Crippen LogP contribution is -2.55. The zero-order chi connectivity index (χ0) is 34.1. The number of likely N-dealkylation sites (tertiary alicyclic amines) is 1. The first-order chi connectivity index (χ1) is 21.9. The zero-order valence-electron chi connectivity index (χ0n) is 27.6. The summed E-state index contributed by atoms with van der Waals surface area (Å²) >= 11 is 4.77. The van der Waals surface area contributed by atoms with E-state index in [9.17, 15) is 24.3 Å². The van der Waals surface area contributed by atoms with Crippen LogP contribution in [-0.4, -0.2) is 70.9 Å². The van der Waals surface area contributed by atoms with Gasteiger partial charge in [-0.15, -0.1) is 6.58 Å². The molecular formula is C34H51BrN4O6S. The van der Waals surface area contributed by atoms with Crippen LogP contribution in [0.2, 0.25) is 0 Å². The number of carbonyl (C=O) groups excluding carboxylic acids is 4. The molecule has 1 aliphatic heterocycles. The predicted octanol–water partition coefficient (Wildman–Crippen LogP) is 6.18. The van der Waals surface area contributed by atoms with Gasteiger partial charge in [0.15, 0.2) is 0 Å². The Balaban J connectivity index is 0.000000438. The van der Waals surface area contributed by atoms with Crippen molar-refractivity contribution in [3.05, 3.63) is 53.0 Å². The summed E-state index contributed by atoms with van der Waals surface area (Å²) in [7, 11) is 0. The molecule has 1 aromatic rings. The topological polar surface area (TPSA) is 137 Å². The van der Waals surface area contributed by atoms with Gasteiger partial charge in [-0.1, -0.05) is 61.0 Å². The van der Waals surface area contributed by atoms with Crippen LogP contribution in [0.1, 0.15) is 84.6 Å². The van der Waals surface area contributed by atoms with E-state index in [1.54, 1.807) is 12.1 Å². The summed E-state index contributed by atoms with van der Waals surface area (Å²) in [4.78, 5) is 48.8. The Morgan fingerprint density at radius 2 is 1.93 bits per heavy atom. The molecule has 2 unspecified atom stereocenters. The molecule has 1 aliphatic carbocycles. The number of unbranched alkanes of at least 4 members (excludes halogenated alkanes) is 2. The molecule has 2 fully saturated rings. The highest BCUT2D eigenvalue weighted by atomic mass is 79.9. The molecule has 2 aliphatic rings. The number of ether oxygens (including phenoxy) is 1. The summed E-state index contributed by atoms with van der Waals surface area (Å²) in [5, 5.41) is 15.7. The van der Waals surface area contributed by atoms with Gasteiger partial charge in [0.1, 0.15) is 17.8 Å². The molecule has 10 nitrogen and oxygen atoms in total. The van der Waals surface area contributed by atoms with Gasteiger partial charge in [-0.05, 0) is 99.8 Å². The maximum Gasteiger partial charge on any atom is 0.407 e. The Morgan fingerprint density at radius 3 is 2.52 bits per heavy atom. The van der Waals surface area contributed by atoms with Crippen molar-refractivity contribution < 1.29 is 29.0 Å². The quantitative estimate of drug-likeness (QED) is 0.0693. The van der Waals surface area contributed by atoms with E-state index in [0.717, 1.165) is 61.5 Å². The van der Waals surface area contributed by atoms with E-state index in [1.165, 1.54) is 11.9 Å². The third kappa shape index (κ3) is 14.6. The van der Waals surface area contributed by atoms with Gasteiger partial charge in [0.05, 0.1) is 6.61 Å². The van der Waals surface area contributed by atoms with Crippen LogP contribution in [0.5, 0.6) is 5.75 Å². The molecule has 0 aromatic heterocycles. The van der Waals surface area contributed by atoms with Crippen molar-refractivity contribution in [2.75, 3.05) is 13.2 Å². The van der Waals surface area contributed by atoms with E-state index in [2.05, 4.69) is 50.9 Å². The smallest absolute Gasteiger partial charge is 0.407 e. The summed E-state index contributed by atoms with van der Waals surface area (Å²) in [6, 6.07) is 4.62. The number of phenolic OH excluding ortho intramolecular Hbond substituents is 1. The molecule has 12 heteroatoms. The van der Waals surface area contributed by atoms with Gasteiger partial charge < -0.3 is 25.4 Å². The Hall–Kier alpha value is -2.99. The second-order valence-electron chi connectivity index (χ2n) is 12.7. The van der Waals surface area contributed by atoms with Crippen molar-refractivity contribution in [3.63, 3.8) is 0 Å². The van der Waals surface area contributed by atoms with Crippen LogP contribution in [0, 0.1) is 5.41 Å². The van der Waals surface area contributed by atoms with Crippen LogP contribution in [0.3, 0.4) is 0 Å². The standard InChI is InChI=1S/C25H37BrN2O4.C9H14N2O2S/c1-18-11-10-15-28(18)23(30)22(25(2,3)4)27-24(31)32-16-9-7-5-6-8-12-19-13-14-20(26)17-21(19)29;1-2-3-8(10-6-12)9(13)11-14-7-4-5-7/h6,8,13-14,17-18,22,29H,5,7,9-12,15-16H2,1-4H3,(H,27,31);2,6-8H,1,3-5H2,(H,10,12)(H,11,13)/b8-6+;/t18?,22-;/m1./s1. The zero-order valence-corrected chi connectivity index (χ0v) is 30.0. The molecule has 3 rings (SSSR count). The number of nitrogens with one attached hydrogen (secondary N) is 3. The number of alkyl carbamates (subject to hydrolysis) is 1. The molecule has 0 radical (unpaired) electrons. The average Bonchev–Trinajstić information content (AvgIpc) is 3.73. The molecule has 1 saturated heterocycles. The van der Waals surface area contributed by atoms with Crippen LogP contribution in [0.15, 0.2) is 47.5 Å². The van der Waals surface area contributed by atoms with Crippen molar-refractivity contribution in [3.8, 4) is 5.75 Å². The van der Waals surface area contributed by atoms with E-state index in [1.807, 2.05) is 43.9 Å². The molecule has 1 aromatic carbocycles. The maximum absolute atomic E-state index is 13.0. The third-order valence-electron chi connectivity index (χ3n) is 7.60. The van der Waals surface area contributed by atoms with E-state index in [-0.39, 0.29) is 23.6 Å². The normalized spacial score (nSPS) is 17.3. The minimum atomic E-state index is -0.603. The second kappa shape index (κ2) is 20.3. The minimum Gasteiger partial charge on any atom is -0.508 e. The second-order valence-corrected chi connectivity index (χ2v) is 14.7. The minimum absolute atomic E-state index is 0.0265. The lowest BCUT2D eigenvalue weighted by Gasteiger charge is -2.34. The largest absolute Gasteiger partial charge is 0.508 e. The van der Waals surface area contributed by atoms with Gasteiger partial charge in [-0.3, -0.25) is 19.1 Å². The maximum atomic E-state index is 13.0. The monoisotopic (exact) mass is 722 g/mol. The fraction of sp³-hybridized carbons (Fsp3) is 0.588. The molecule has 46 heavy (non-hydrogen) atoms. The number of nitrogens with zero attached hydrogens (tertiary/aromatic N) is 1. The van der Waals surface area contributed by atoms with E-state index >= 15 is 0 Å².